The average molecular weight is 345 g/mol. The van der Waals surface area contributed by atoms with Crippen molar-refractivity contribution >= 4 is 22.4 Å². The van der Waals surface area contributed by atoms with E-state index in [4.69, 9.17) is 0 Å². The van der Waals surface area contributed by atoms with Gasteiger partial charge in [0.2, 0.25) is 11.8 Å². The van der Waals surface area contributed by atoms with Crippen molar-refractivity contribution in [1.82, 2.24) is 19.7 Å². The number of nitrogens with one attached hydrogen (secondary N) is 1. The minimum atomic E-state index is -0.309. The summed E-state index contributed by atoms with van der Waals surface area (Å²) in [6.07, 6.45) is 4.79. The number of aromatic hydroxyl groups is 1. The van der Waals surface area contributed by atoms with Gasteiger partial charge in [-0.2, -0.15) is 10.1 Å². The van der Waals surface area contributed by atoms with Crippen molar-refractivity contribution in [3.8, 4) is 11.8 Å². The molecule has 0 aliphatic heterocycles. The van der Waals surface area contributed by atoms with Gasteiger partial charge in [0.25, 0.3) is 5.95 Å². The molecule has 0 unspecified atom stereocenters. The first-order valence-corrected chi connectivity index (χ1v) is 8.03. The molecule has 128 valence electrons. The van der Waals surface area contributed by atoms with Gasteiger partial charge in [0, 0.05) is 12.4 Å². The average Bonchev–Trinajstić information content (AvgIpc) is 3.18. The van der Waals surface area contributed by atoms with Crippen LogP contribution in [0.15, 0.2) is 67.1 Å². The summed E-state index contributed by atoms with van der Waals surface area (Å²) in [6, 6.07) is 15.5. The first kappa shape index (κ1) is 15.8. The molecule has 0 aliphatic carbocycles. The number of carbonyl (C=O) groups is 1. The number of amides is 1. The fourth-order valence-corrected chi connectivity index (χ4v) is 2.76. The lowest BCUT2D eigenvalue weighted by Gasteiger charge is -2.09. The highest BCUT2D eigenvalue weighted by Crippen LogP contribution is 2.22. The summed E-state index contributed by atoms with van der Waals surface area (Å²) < 4.78 is 1.42. The number of hydrogen-bond acceptors (Lipinski definition) is 5. The minimum absolute atomic E-state index is 0.158. The lowest BCUT2D eigenvalue weighted by atomic mass is 10.0. The van der Waals surface area contributed by atoms with Crippen molar-refractivity contribution in [3.63, 3.8) is 0 Å². The van der Waals surface area contributed by atoms with E-state index in [1.165, 1.54) is 10.9 Å². The van der Waals surface area contributed by atoms with Crippen LogP contribution in [0.4, 0.5) is 5.69 Å². The SMILES string of the molecule is O=C(Cc1cccc2ccccc12)Nc1cnc(-n2cccn2)nc1O. The smallest absolute Gasteiger partial charge is 0.253 e. The van der Waals surface area contributed by atoms with Gasteiger partial charge < -0.3 is 10.4 Å². The number of fused-ring (bicyclic) bond motifs is 1. The van der Waals surface area contributed by atoms with E-state index in [-0.39, 0.29) is 29.8 Å². The molecule has 2 N–H and O–H groups in total. The number of aromatic nitrogens is 4. The van der Waals surface area contributed by atoms with Gasteiger partial charge in [-0.25, -0.2) is 9.67 Å². The third-order valence-electron chi connectivity index (χ3n) is 3.97. The number of carbonyl (C=O) groups excluding carboxylic acids is 1. The largest absolute Gasteiger partial charge is 0.492 e. The number of benzene rings is 2. The predicted molar refractivity (Wildman–Crippen MR) is 97.1 cm³/mol. The molecule has 4 aromatic rings. The Bertz CT molecular complexity index is 1070. The van der Waals surface area contributed by atoms with Crippen LogP contribution < -0.4 is 5.32 Å². The van der Waals surface area contributed by atoms with Crippen molar-refractivity contribution < 1.29 is 9.90 Å². The van der Waals surface area contributed by atoms with Gasteiger partial charge >= 0.3 is 0 Å². The molecule has 7 heteroatoms. The molecule has 0 fully saturated rings. The molecule has 0 atom stereocenters. The Labute approximate surface area is 149 Å². The maximum absolute atomic E-state index is 12.4. The summed E-state index contributed by atoms with van der Waals surface area (Å²) in [7, 11) is 0. The zero-order valence-electron chi connectivity index (χ0n) is 13.7. The van der Waals surface area contributed by atoms with Crippen LogP contribution in [-0.2, 0) is 11.2 Å². The molecule has 4 rings (SSSR count). The zero-order valence-corrected chi connectivity index (χ0v) is 13.7. The number of nitrogens with zero attached hydrogens (tertiary/aromatic N) is 4. The maximum atomic E-state index is 12.4. The lowest BCUT2D eigenvalue weighted by Crippen LogP contribution is -2.15. The van der Waals surface area contributed by atoms with Crippen molar-refractivity contribution in [3.05, 3.63) is 72.7 Å². The molecule has 0 radical (unpaired) electrons. The Kier molecular flexibility index (Phi) is 4.03. The van der Waals surface area contributed by atoms with E-state index in [1.54, 1.807) is 18.5 Å². The van der Waals surface area contributed by atoms with Crippen molar-refractivity contribution in [2.75, 3.05) is 5.32 Å². The van der Waals surface area contributed by atoms with Crippen LogP contribution >= 0.6 is 0 Å². The molecule has 0 spiro atoms. The first-order chi connectivity index (χ1) is 12.7. The molecule has 2 heterocycles. The van der Waals surface area contributed by atoms with Gasteiger partial charge in [0.05, 0.1) is 12.6 Å². The Balaban J connectivity index is 1.53. The van der Waals surface area contributed by atoms with E-state index >= 15 is 0 Å². The second-order valence-corrected chi connectivity index (χ2v) is 5.72. The van der Waals surface area contributed by atoms with E-state index in [0.717, 1.165) is 16.3 Å². The summed E-state index contributed by atoms with van der Waals surface area (Å²) in [5.41, 5.74) is 1.07. The highest BCUT2D eigenvalue weighted by atomic mass is 16.3. The summed E-state index contributed by atoms with van der Waals surface area (Å²) in [5.74, 6) is -0.344. The van der Waals surface area contributed by atoms with Gasteiger partial charge in [-0.3, -0.25) is 4.79 Å². The van der Waals surface area contributed by atoms with Crippen molar-refractivity contribution in [1.29, 1.82) is 0 Å². The van der Waals surface area contributed by atoms with Gasteiger partial charge in [-0.1, -0.05) is 42.5 Å². The van der Waals surface area contributed by atoms with Gasteiger partial charge in [0.1, 0.15) is 5.69 Å². The Morgan fingerprint density at radius 3 is 2.77 bits per heavy atom. The molecular weight excluding hydrogens is 330 g/mol. The Morgan fingerprint density at radius 2 is 1.96 bits per heavy atom. The molecule has 0 aliphatic rings. The number of hydrogen-bond donors (Lipinski definition) is 2. The number of rotatable bonds is 4. The van der Waals surface area contributed by atoms with Crippen LogP contribution in [0.5, 0.6) is 5.88 Å². The Hall–Kier alpha value is -3.74. The lowest BCUT2D eigenvalue weighted by molar-refractivity contribution is -0.115. The highest BCUT2D eigenvalue weighted by Gasteiger charge is 2.12. The van der Waals surface area contributed by atoms with E-state index in [0.29, 0.717) is 0 Å². The molecule has 2 aromatic heterocycles. The quantitative estimate of drug-likeness (QED) is 0.593. The second-order valence-electron chi connectivity index (χ2n) is 5.72. The molecule has 7 nitrogen and oxygen atoms in total. The second kappa shape index (κ2) is 6.64. The molecule has 26 heavy (non-hydrogen) atoms. The zero-order chi connectivity index (χ0) is 17.9. The van der Waals surface area contributed by atoms with Crippen LogP contribution in [0.1, 0.15) is 5.56 Å². The summed E-state index contributed by atoms with van der Waals surface area (Å²) in [5, 5.41) is 18.8. The number of anilines is 1. The fraction of sp³-hybridized carbons (Fsp3) is 0.0526. The standard InChI is InChI=1S/C19H15N5O2/c25-17(11-14-7-3-6-13-5-1-2-8-15(13)14)22-16-12-20-19(23-18(16)26)24-10-4-9-21-24/h1-10,12H,11H2,(H,22,25)(H,20,23,26). The van der Waals surface area contributed by atoms with Crippen LogP contribution in [0, 0.1) is 0 Å². The maximum Gasteiger partial charge on any atom is 0.253 e. The van der Waals surface area contributed by atoms with E-state index in [9.17, 15) is 9.90 Å². The fourth-order valence-electron chi connectivity index (χ4n) is 2.76. The van der Waals surface area contributed by atoms with Crippen LogP contribution in [0.3, 0.4) is 0 Å². The Morgan fingerprint density at radius 1 is 1.12 bits per heavy atom. The van der Waals surface area contributed by atoms with E-state index in [1.807, 2.05) is 42.5 Å². The normalized spacial score (nSPS) is 10.8. The van der Waals surface area contributed by atoms with Gasteiger partial charge in [0.15, 0.2) is 0 Å². The molecule has 2 aromatic carbocycles. The van der Waals surface area contributed by atoms with Crippen LogP contribution in [-0.4, -0.2) is 30.8 Å². The third kappa shape index (κ3) is 3.10. The van der Waals surface area contributed by atoms with Gasteiger partial charge in [-0.05, 0) is 22.4 Å². The third-order valence-corrected chi connectivity index (χ3v) is 3.97. The van der Waals surface area contributed by atoms with E-state index < -0.39 is 0 Å². The minimum Gasteiger partial charge on any atom is -0.492 e. The molecule has 0 saturated heterocycles. The summed E-state index contributed by atoms with van der Waals surface area (Å²) >= 11 is 0. The first-order valence-electron chi connectivity index (χ1n) is 8.03. The monoisotopic (exact) mass is 345 g/mol. The highest BCUT2D eigenvalue weighted by molar-refractivity contribution is 5.96. The molecular formula is C19H15N5O2. The van der Waals surface area contributed by atoms with Gasteiger partial charge in [-0.15, -0.1) is 0 Å². The molecule has 0 bridgehead atoms. The van der Waals surface area contributed by atoms with Crippen LogP contribution in [0.25, 0.3) is 16.7 Å². The summed E-state index contributed by atoms with van der Waals surface area (Å²) in [4.78, 5) is 20.5. The van der Waals surface area contributed by atoms with Crippen molar-refractivity contribution in [2.45, 2.75) is 6.42 Å². The van der Waals surface area contributed by atoms with Crippen molar-refractivity contribution in [2.24, 2.45) is 0 Å². The summed E-state index contributed by atoms with van der Waals surface area (Å²) in [6.45, 7) is 0. The topological polar surface area (TPSA) is 92.9 Å². The van der Waals surface area contributed by atoms with E-state index in [2.05, 4.69) is 20.4 Å². The molecule has 0 saturated carbocycles. The molecule has 1 amide bonds. The predicted octanol–water partition coefficient (Wildman–Crippen LogP) is 2.70. The van der Waals surface area contributed by atoms with Crippen LogP contribution in [0.2, 0.25) is 0 Å².